The topological polar surface area (TPSA) is 37.4 Å². The summed E-state index contributed by atoms with van der Waals surface area (Å²) in [4.78, 5) is 0. The van der Waals surface area contributed by atoms with Crippen molar-refractivity contribution >= 4 is 10.0 Å². The first-order valence-corrected chi connectivity index (χ1v) is 18.5. The maximum Gasteiger partial charge on any atom is 0.218 e. The minimum atomic E-state index is -3.54. The summed E-state index contributed by atoms with van der Waals surface area (Å²) >= 11 is 0. The molecular formula is C35H65NO2S. The minimum absolute atomic E-state index is 0.0472. The number of nitrogens with zero attached hydrogens (tertiary/aromatic N) is 1. The molecule has 39 heavy (non-hydrogen) atoms. The Labute approximate surface area is 244 Å². The van der Waals surface area contributed by atoms with Crippen LogP contribution in [0.4, 0.5) is 0 Å². The lowest BCUT2D eigenvalue weighted by molar-refractivity contribution is -0.318. The first-order chi connectivity index (χ1) is 17.9. The van der Waals surface area contributed by atoms with Crippen molar-refractivity contribution in [3.05, 3.63) is 0 Å². The Bertz CT molecular complexity index is 967. The van der Waals surface area contributed by atoms with Gasteiger partial charge in [0.25, 0.3) is 0 Å². The highest BCUT2D eigenvalue weighted by atomic mass is 32.2. The van der Waals surface area contributed by atoms with E-state index < -0.39 is 21.1 Å². The minimum Gasteiger partial charge on any atom is -0.212 e. The average Bonchev–Trinajstić information content (AvgIpc) is 2.87. The normalized spacial score (nSPS) is 39.9. The second-order valence-corrected chi connectivity index (χ2v) is 18.9. The van der Waals surface area contributed by atoms with Crippen LogP contribution in [-0.2, 0) is 10.0 Å². The van der Waals surface area contributed by atoms with Gasteiger partial charge in [-0.05, 0) is 73.0 Å². The number of hydrogen-bond acceptors (Lipinski definition) is 2. The standard InChI is InChI=1S/C35H65NO2S/c1-30(2)28-25-21-17-18-22-26-29(28)34(9)32(5,6)31(3,4)33(7,8)35(30,10)36(34)39(37,38)27-23-19-15-13-11-12-14-16-20-24-27/h27-29H,11-26H2,1-10H3. The van der Waals surface area contributed by atoms with Gasteiger partial charge >= 0.3 is 0 Å². The summed E-state index contributed by atoms with van der Waals surface area (Å²) in [6, 6.07) is 0. The largest absolute Gasteiger partial charge is 0.218 e. The van der Waals surface area contributed by atoms with Crippen molar-refractivity contribution in [2.75, 3.05) is 0 Å². The number of fused-ring (bicyclic) bond motifs is 4. The van der Waals surface area contributed by atoms with Gasteiger partial charge in [-0.3, -0.25) is 0 Å². The molecular weight excluding hydrogens is 498 g/mol. The summed E-state index contributed by atoms with van der Waals surface area (Å²) in [5.74, 6) is 0.935. The Morgan fingerprint density at radius 3 is 1.33 bits per heavy atom. The van der Waals surface area contributed by atoms with E-state index in [-0.39, 0.29) is 26.9 Å². The molecule has 228 valence electrons. The van der Waals surface area contributed by atoms with E-state index in [9.17, 15) is 0 Å². The Kier molecular flexibility index (Phi) is 8.63. The maximum absolute atomic E-state index is 15.5. The molecule has 2 heterocycles. The predicted molar refractivity (Wildman–Crippen MR) is 167 cm³/mol. The van der Waals surface area contributed by atoms with E-state index >= 15 is 8.42 Å². The van der Waals surface area contributed by atoms with Crippen LogP contribution in [0.25, 0.3) is 0 Å². The molecule has 2 aliphatic carbocycles. The van der Waals surface area contributed by atoms with E-state index in [4.69, 9.17) is 0 Å². The van der Waals surface area contributed by atoms with E-state index in [1.807, 2.05) is 0 Å². The van der Waals surface area contributed by atoms with Crippen LogP contribution in [0, 0.1) is 33.5 Å². The van der Waals surface area contributed by atoms with Crippen LogP contribution in [0.3, 0.4) is 0 Å². The Morgan fingerprint density at radius 1 is 0.487 bits per heavy atom. The van der Waals surface area contributed by atoms with Gasteiger partial charge in [0, 0.05) is 11.1 Å². The lowest BCUT2D eigenvalue weighted by Crippen LogP contribution is -2.89. The van der Waals surface area contributed by atoms with Crippen LogP contribution in [0.5, 0.6) is 0 Å². The van der Waals surface area contributed by atoms with Crippen molar-refractivity contribution in [2.45, 2.75) is 188 Å². The highest BCUT2D eigenvalue weighted by Gasteiger charge is 2.81. The summed E-state index contributed by atoms with van der Waals surface area (Å²) < 4.78 is 33.4. The highest BCUT2D eigenvalue weighted by Crippen LogP contribution is 2.78. The SMILES string of the molecule is CC1(C)C2CCCCCCC2C2(C)N(S(=O)(=O)C3CCCCCCCCCC3)C1(C)C(C)(C)C(C)(C)C2(C)C. The Morgan fingerprint density at radius 2 is 0.872 bits per heavy atom. The molecule has 0 amide bonds. The van der Waals surface area contributed by atoms with Gasteiger partial charge in [-0.25, -0.2) is 8.42 Å². The predicted octanol–water partition coefficient (Wildman–Crippen LogP) is 10.1. The lowest BCUT2D eigenvalue weighted by Gasteiger charge is -2.83. The van der Waals surface area contributed by atoms with Crippen LogP contribution in [-0.4, -0.2) is 29.1 Å². The van der Waals surface area contributed by atoms with E-state index in [0.29, 0.717) is 11.8 Å². The molecule has 0 radical (unpaired) electrons. The summed E-state index contributed by atoms with van der Waals surface area (Å²) in [5, 5.41) is -0.247. The molecule has 0 aromatic carbocycles. The van der Waals surface area contributed by atoms with Gasteiger partial charge in [-0.15, -0.1) is 0 Å². The quantitative estimate of drug-likeness (QED) is 0.335. The van der Waals surface area contributed by atoms with Gasteiger partial charge in [0.2, 0.25) is 10.0 Å². The lowest BCUT2D eigenvalue weighted by atomic mass is 9.31. The second-order valence-electron chi connectivity index (χ2n) is 16.9. The van der Waals surface area contributed by atoms with E-state index in [0.717, 1.165) is 32.1 Å². The van der Waals surface area contributed by atoms with Gasteiger partial charge < -0.3 is 0 Å². The molecule has 2 bridgehead atoms. The van der Waals surface area contributed by atoms with Gasteiger partial charge in [0.1, 0.15) is 0 Å². The zero-order chi connectivity index (χ0) is 29.1. The molecule has 4 unspecified atom stereocenters. The summed E-state index contributed by atoms with van der Waals surface area (Å²) in [6.45, 7) is 24.5. The fourth-order valence-corrected chi connectivity index (χ4v) is 14.1. The molecule has 3 nitrogen and oxygen atoms in total. The summed E-state index contributed by atoms with van der Waals surface area (Å²) in [6.07, 6.45) is 18.8. The van der Waals surface area contributed by atoms with Crippen molar-refractivity contribution in [3.63, 3.8) is 0 Å². The van der Waals surface area contributed by atoms with Crippen LogP contribution in [0.15, 0.2) is 0 Å². The van der Waals surface area contributed by atoms with Crippen molar-refractivity contribution in [1.29, 1.82) is 0 Å². The van der Waals surface area contributed by atoms with E-state index in [1.165, 1.54) is 70.6 Å². The first kappa shape index (κ1) is 31.8. The zero-order valence-electron chi connectivity index (χ0n) is 27.7. The van der Waals surface area contributed by atoms with Gasteiger partial charge in [0.15, 0.2) is 0 Å². The molecule has 4 atom stereocenters. The molecule has 4 rings (SSSR count). The molecule has 2 saturated carbocycles. The van der Waals surface area contributed by atoms with Crippen molar-refractivity contribution in [2.24, 2.45) is 33.5 Å². The molecule has 0 aromatic rings. The smallest absolute Gasteiger partial charge is 0.212 e. The summed E-state index contributed by atoms with van der Waals surface area (Å²) in [5.41, 5.74) is -1.44. The van der Waals surface area contributed by atoms with Gasteiger partial charge in [-0.2, -0.15) is 4.31 Å². The van der Waals surface area contributed by atoms with Crippen LogP contribution < -0.4 is 0 Å². The number of piperidine rings is 2. The molecule has 2 saturated heterocycles. The summed E-state index contributed by atoms with van der Waals surface area (Å²) in [7, 11) is -3.54. The first-order valence-electron chi connectivity index (χ1n) is 17.0. The van der Waals surface area contributed by atoms with Gasteiger partial charge in [0.05, 0.1) is 5.25 Å². The Hall–Kier alpha value is -0.0900. The third kappa shape index (κ3) is 4.28. The molecule has 0 spiro atoms. The van der Waals surface area contributed by atoms with E-state index in [1.54, 1.807) is 0 Å². The fraction of sp³-hybridized carbons (Fsp3) is 1.00. The van der Waals surface area contributed by atoms with Crippen LogP contribution >= 0.6 is 0 Å². The molecule has 0 aromatic heterocycles. The van der Waals surface area contributed by atoms with Crippen LogP contribution in [0.1, 0.15) is 172 Å². The zero-order valence-corrected chi connectivity index (χ0v) is 28.5. The second kappa shape index (κ2) is 10.6. The van der Waals surface area contributed by atoms with Crippen molar-refractivity contribution in [1.82, 2.24) is 4.31 Å². The average molecular weight is 564 g/mol. The third-order valence-corrected chi connectivity index (χ3v) is 17.7. The van der Waals surface area contributed by atoms with E-state index in [2.05, 4.69) is 73.5 Å². The maximum atomic E-state index is 15.5. The third-order valence-electron chi connectivity index (χ3n) is 15.1. The monoisotopic (exact) mass is 563 g/mol. The molecule has 4 heteroatoms. The van der Waals surface area contributed by atoms with Crippen LogP contribution in [0.2, 0.25) is 0 Å². The Balaban J connectivity index is 1.97. The molecule has 4 aliphatic rings. The fourth-order valence-electron chi connectivity index (χ4n) is 11.0. The highest BCUT2D eigenvalue weighted by molar-refractivity contribution is 7.89. The van der Waals surface area contributed by atoms with Gasteiger partial charge in [-0.1, -0.05) is 132 Å². The number of sulfonamides is 1. The molecule has 0 N–H and O–H groups in total. The molecule has 2 aliphatic heterocycles. The number of hydrogen-bond donors (Lipinski definition) is 0. The van der Waals surface area contributed by atoms with Crippen molar-refractivity contribution < 1.29 is 8.42 Å². The number of rotatable bonds is 2. The van der Waals surface area contributed by atoms with Crippen molar-refractivity contribution in [3.8, 4) is 0 Å². The molecule has 4 fully saturated rings.